The molecule has 1 aliphatic carbocycles. The van der Waals surface area contributed by atoms with Crippen LogP contribution in [0, 0.1) is 0 Å². The van der Waals surface area contributed by atoms with Gasteiger partial charge in [0.2, 0.25) is 0 Å². The van der Waals surface area contributed by atoms with E-state index in [0.29, 0.717) is 19.4 Å². The van der Waals surface area contributed by atoms with Crippen molar-refractivity contribution in [3.63, 3.8) is 0 Å². The van der Waals surface area contributed by atoms with E-state index in [0.717, 1.165) is 18.6 Å². The second kappa shape index (κ2) is 3.46. The lowest BCUT2D eigenvalue weighted by molar-refractivity contribution is -0.148. The summed E-state index contributed by atoms with van der Waals surface area (Å²) >= 11 is 1.23. The lowest BCUT2D eigenvalue weighted by Gasteiger charge is -2.33. The zero-order valence-electron chi connectivity index (χ0n) is 7.86. The highest BCUT2D eigenvalue weighted by Crippen LogP contribution is 2.39. The third kappa shape index (κ3) is 1.30. The molecule has 0 unspecified atom stereocenters. The second-order valence-corrected chi connectivity index (χ2v) is 4.86. The molecule has 78 valence electrons. The van der Waals surface area contributed by atoms with Crippen LogP contribution in [0.25, 0.3) is 0 Å². The standard InChI is InChI=1S/C9H13NO3S/c11-7(12)9(3-1-2-4-9)10-5-6-14-8(10)13/h1-6H2,(H,11,12). The molecule has 1 saturated carbocycles. The van der Waals surface area contributed by atoms with E-state index in [1.807, 2.05) is 0 Å². The van der Waals surface area contributed by atoms with Gasteiger partial charge in [-0.3, -0.25) is 4.79 Å². The van der Waals surface area contributed by atoms with Crippen LogP contribution in [0.4, 0.5) is 4.79 Å². The van der Waals surface area contributed by atoms with E-state index in [9.17, 15) is 14.7 Å². The molecule has 0 aromatic carbocycles. The Kier molecular flexibility index (Phi) is 2.43. The summed E-state index contributed by atoms with van der Waals surface area (Å²) in [5.74, 6) is -0.0979. The molecule has 1 aliphatic heterocycles. The Morgan fingerprint density at radius 3 is 2.50 bits per heavy atom. The summed E-state index contributed by atoms with van der Waals surface area (Å²) < 4.78 is 0. The number of hydrogen-bond donors (Lipinski definition) is 1. The van der Waals surface area contributed by atoms with Crippen LogP contribution < -0.4 is 0 Å². The van der Waals surface area contributed by atoms with E-state index < -0.39 is 11.5 Å². The first-order valence-corrected chi connectivity index (χ1v) is 5.83. The summed E-state index contributed by atoms with van der Waals surface area (Å²) in [5, 5.41) is 9.18. The summed E-state index contributed by atoms with van der Waals surface area (Å²) in [4.78, 5) is 24.3. The number of carboxylic acids is 1. The van der Waals surface area contributed by atoms with Gasteiger partial charge in [-0.1, -0.05) is 24.6 Å². The predicted octanol–water partition coefficient (Wildman–Crippen LogP) is 1.55. The molecule has 0 aromatic rings. The molecular formula is C9H13NO3S. The van der Waals surface area contributed by atoms with Gasteiger partial charge in [0.1, 0.15) is 5.54 Å². The highest BCUT2D eigenvalue weighted by atomic mass is 32.2. The normalized spacial score (nSPS) is 25.7. The Morgan fingerprint density at radius 1 is 1.43 bits per heavy atom. The molecule has 0 atom stereocenters. The number of thioether (sulfide) groups is 1. The minimum absolute atomic E-state index is 0.0608. The SMILES string of the molecule is O=C1SCCN1C1(C(=O)O)CCCC1. The Hall–Kier alpha value is -0.710. The first kappa shape index (κ1) is 9.83. The number of hydrogen-bond acceptors (Lipinski definition) is 3. The first-order chi connectivity index (χ1) is 6.67. The molecule has 4 nitrogen and oxygen atoms in total. The van der Waals surface area contributed by atoms with Gasteiger partial charge in [0.25, 0.3) is 5.24 Å². The number of carboxylic acid groups (broad SMARTS) is 1. The molecule has 5 heteroatoms. The van der Waals surface area contributed by atoms with Crippen LogP contribution in [-0.4, -0.2) is 39.1 Å². The van der Waals surface area contributed by atoms with Crippen molar-refractivity contribution in [1.29, 1.82) is 0 Å². The van der Waals surface area contributed by atoms with E-state index in [-0.39, 0.29) is 5.24 Å². The number of carbonyl (C=O) groups is 2. The van der Waals surface area contributed by atoms with Gasteiger partial charge in [0.05, 0.1) is 0 Å². The van der Waals surface area contributed by atoms with Gasteiger partial charge in [-0.2, -0.15) is 0 Å². The Bertz CT molecular complexity index is 273. The monoisotopic (exact) mass is 215 g/mol. The third-order valence-corrected chi connectivity index (χ3v) is 3.96. The molecule has 2 fully saturated rings. The molecule has 14 heavy (non-hydrogen) atoms. The van der Waals surface area contributed by atoms with Gasteiger partial charge >= 0.3 is 5.97 Å². The van der Waals surface area contributed by atoms with Crippen LogP contribution >= 0.6 is 11.8 Å². The molecule has 0 aromatic heterocycles. The van der Waals surface area contributed by atoms with Crippen molar-refractivity contribution < 1.29 is 14.7 Å². The molecule has 1 N–H and O–H groups in total. The largest absolute Gasteiger partial charge is 0.479 e. The molecule has 0 spiro atoms. The van der Waals surface area contributed by atoms with Gasteiger partial charge in [-0.15, -0.1) is 0 Å². The zero-order chi connectivity index (χ0) is 10.2. The first-order valence-electron chi connectivity index (χ1n) is 4.85. The minimum Gasteiger partial charge on any atom is -0.479 e. The maximum Gasteiger partial charge on any atom is 0.329 e. The fourth-order valence-electron chi connectivity index (χ4n) is 2.34. The summed E-state index contributed by atoms with van der Waals surface area (Å²) in [7, 11) is 0. The number of amides is 1. The second-order valence-electron chi connectivity index (χ2n) is 3.81. The fraction of sp³-hybridized carbons (Fsp3) is 0.778. The van der Waals surface area contributed by atoms with Crippen molar-refractivity contribution in [1.82, 2.24) is 4.90 Å². The molecule has 1 heterocycles. The predicted molar refractivity (Wildman–Crippen MR) is 53.4 cm³/mol. The van der Waals surface area contributed by atoms with Crippen LogP contribution in [0.5, 0.6) is 0 Å². The van der Waals surface area contributed by atoms with E-state index >= 15 is 0 Å². The average Bonchev–Trinajstić information content (AvgIpc) is 2.72. The third-order valence-electron chi connectivity index (χ3n) is 3.11. The van der Waals surface area contributed by atoms with Crippen molar-refractivity contribution >= 4 is 23.0 Å². The summed E-state index contributed by atoms with van der Waals surface area (Å²) in [6, 6.07) is 0. The van der Waals surface area contributed by atoms with Gasteiger partial charge in [0, 0.05) is 12.3 Å². The van der Waals surface area contributed by atoms with E-state index in [1.165, 1.54) is 11.8 Å². The van der Waals surface area contributed by atoms with Crippen LogP contribution in [0.3, 0.4) is 0 Å². The molecule has 1 amide bonds. The Balaban J connectivity index is 2.26. The summed E-state index contributed by atoms with van der Waals surface area (Å²) in [6.07, 6.45) is 3.07. The van der Waals surface area contributed by atoms with Crippen LogP contribution in [0.1, 0.15) is 25.7 Å². The van der Waals surface area contributed by atoms with Crippen molar-refractivity contribution in [2.75, 3.05) is 12.3 Å². The fourth-order valence-corrected chi connectivity index (χ4v) is 3.21. The van der Waals surface area contributed by atoms with Gasteiger partial charge < -0.3 is 10.0 Å². The van der Waals surface area contributed by atoms with Gasteiger partial charge in [-0.25, -0.2) is 4.79 Å². The van der Waals surface area contributed by atoms with Gasteiger partial charge in [0.15, 0.2) is 0 Å². The zero-order valence-corrected chi connectivity index (χ0v) is 8.68. The van der Waals surface area contributed by atoms with E-state index in [4.69, 9.17) is 0 Å². The Morgan fingerprint density at radius 2 is 2.07 bits per heavy atom. The molecule has 2 aliphatic rings. The van der Waals surface area contributed by atoms with E-state index in [2.05, 4.69) is 0 Å². The van der Waals surface area contributed by atoms with Crippen molar-refractivity contribution in [2.45, 2.75) is 31.2 Å². The lowest BCUT2D eigenvalue weighted by Crippen LogP contribution is -2.52. The van der Waals surface area contributed by atoms with Crippen molar-refractivity contribution in [3.05, 3.63) is 0 Å². The molecule has 0 radical (unpaired) electrons. The smallest absolute Gasteiger partial charge is 0.329 e. The highest BCUT2D eigenvalue weighted by Gasteiger charge is 2.50. The number of carbonyl (C=O) groups excluding carboxylic acids is 1. The average molecular weight is 215 g/mol. The lowest BCUT2D eigenvalue weighted by atomic mass is 9.96. The van der Waals surface area contributed by atoms with Crippen LogP contribution in [0.15, 0.2) is 0 Å². The maximum atomic E-state index is 11.5. The number of aliphatic carboxylic acids is 1. The molecule has 1 saturated heterocycles. The van der Waals surface area contributed by atoms with Crippen LogP contribution in [0.2, 0.25) is 0 Å². The molecule has 2 rings (SSSR count). The number of nitrogens with zero attached hydrogens (tertiary/aromatic N) is 1. The van der Waals surface area contributed by atoms with E-state index in [1.54, 1.807) is 4.90 Å². The number of rotatable bonds is 2. The van der Waals surface area contributed by atoms with Crippen molar-refractivity contribution in [3.8, 4) is 0 Å². The minimum atomic E-state index is -0.874. The highest BCUT2D eigenvalue weighted by molar-refractivity contribution is 8.13. The maximum absolute atomic E-state index is 11.5. The quantitative estimate of drug-likeness (QED) is 0.759. The van der Waals surface area contributed by atoms with Crippen LogP contribution in [-0.2, 0) is 4.79 Å². The molecular weight excluding hydrogens is 202 g/mol. The van der Waals surface area contributed by atoms with Gasteiger partial charge in [-0.05, 0) is 12.8 Å². The topological polar surface area (TPSA) is 57.6 Å². The molecule has 0 bridgehead atoms. The summed E-state index contributed by atoms with van der Waals surface area (Å²) in [5.41, 5.74) is -0.874. The Labute approximate surface area is 86.6 Å². The summed E-state index contributed by atoms with van der Waals surface area (Å²) in [6.45, 7) is 0.593. The van der Waals surface area contributed by atoms with Crippen molar-refractivity contribution in [2.24, 2.45) is 0 Å².